The van der Waals surface area contributed by atoms with E-state index in [0.717, 1.165) is 13.0 Å². The molecule has 2 nitrogen and oxygen atoms in total. The van der Waals surface area contributed by atoms with Crippen molar-refractivity contribution in [1.29, 1.82) is 0 Å². The second-order valence-corrected chi connectivity index (χ2v) is 4.40. The smallest absolute Gasteiger partial charge is 0.224 e. The van der Waals surface area contributed by atoms with Crippen LogP contribution < -0.4 is 5.32 Å². The van der Waals surface area contributed by atoms with E-state index >= 15 is 0 Å². The number of hydrogen-bond acceptors (Lipinski definition) is 1. The van der Waals surface area contributed by atoms with Crippen molar-refractivity contribution in [2.45, 2.75) is 40.5 Å². The summed E-state index contributed by atoms with van der Waals surface area (Å²) in [5.74, 6) is 0.122. The maximum Gasteiger partial charge on any atom is 0.224 e. The zero-order chi connectivity index (χ0) is 12.1. The average molecular weight is 219 g/mol. The summed E-state index contributed by atoms with van der Waals surface area (Å²) in [5.41, 5.74) is 4.85. The molecule has 88 valence electrons. The zero-order valence-corrected chi connectivity index (χ0v) is 10.7. The van der Waals surface area contributed by atoms with Gasteiger partial charge < -0.3 is 5.32 Å². The third kappa shape index (κ3) is 3.37. The van der Waals surface area contributed by atoms with Crippen LogP contribution >= 0.6 is 0 Å². The number of rotatable bonds is 4. The molecular formula is C14H21NO. The van der Waals surface area contributed by atoms with Gasteiger partial charge in [0.05, 0.1) is 6.42 Å². The Morgan fingerprint density at radius 3 is 2.25 bits per heavy atom. The molecule has 0 unspecified atom stereocenters. The van der Waals surface area contributed by atoms with E-state index in [9.17, 15) is 4.79 Å². The molecule has 0 aliphatic rings. The summed E-state index contributed by atoms with van der Waals surface area (Å²) < 4.78 is 0. The number of aryl methyl sites for hydroxylation is 3. The lowest BCUT2D eigenvalue weighted by Gasteiger charge is -2.11. The summed E-state index contributed by atoms with van der Waals surface area (Å²) in [5, 5.41) is 2.91. The Hall–Kier alpha value is -1.31. The van der Waals surface area contributed by atoms with Gasteiger partial charge in [-0.1, -0.05) is 24.6 Å². The van der Waals surface area contributed by atoms with Gasteiger partial charge in [0.25, 0.3) is 0 Å². The van der Waals surface area contributed by atoms with Crippen LogP contribution in [0.5, 0.6) is 0 Å². The lowest BCUT2D eigenvalue weighted by atomic mass is 9.97. The van der Waals surface area contributed by atoms with Crippen molar-refractivity contribution >= 4 is 5.91 Å². The monoisotopic (exact) mass is 219 g/mol. The van der Waals surface area contributed by atoms with E-state index in [-0.39, 0.29) is 5.91 Å². The highest BCUT2D eigenvalue weighted by Gasteiger charge is 2.08. The maximum atomic E-state index is 11.6. The van der Waals surface area contributed by atoms with Gasteiger partial charge in [-0.15, -0.1) is 0 Å². The number of hydrogen-bond donors (Lipinski definition) is 1. The van der Waals surface area contributed by atoms with Gasteiger partial charge in [-0.3, -0.25) is 4.79 Å². The van der Waals surface area contributed by atoms with Crippen molar-refractivity contribution in [2.24, 2.45) is 0 Å². The quantitative estimate of drug-likeness (QED) is 0.828. The van der Waals surface area contributed by atoms with Crippen LogP contribution in [0.1, 0.15) is 35.6 Å². The first-order chi connectivity index (χ1) is 7.54. The molecule has 1 amide bonds. The van der Waals surface area contributed by atoms with E-state index in [1.807, 2.05) is 0 Å². The van der Waals surface area contributed by atoms with E-state index in [1.165, 1.54) is 22.3 Å². The second-order valence-electron chi connectivity index (χ2n) is 4.40. The first-order valence-corrected chi connectivity index (χ1v) is 5.88. The van der Waals surface area contributed by atoms with E-state index < -0.39 is 0 Å². The first kappa shape index (κ1) is 12.8. The predicted molar refractivity (Wildman–Crippen MR) is 67.7 cm³/mol. The summed E-state index contributed by atoms with van der Waals surface area (Å²) in [6.45, 7) is 9.05. The lowest BCUT2D eigenvalue weighted by Crippen LogP contribution is -2.26. The normalized spacial score (nSPS) is 10.2. The molecule has 0 saturated carbocycles. The fraction of sp³-hybridized carbons (Fsp3) is 0.500. The lowest BCUT2D eigenvalue weighted by molar-refractivity contribution is -0.120. The van der Waals surface area contributed by atoms with Gasteiger partial charge in [0.2, 0.25) is 5.91 Å². The molecule has 16 heavy (non-hydrogen) atoms. The number of benzene rings is 1. The number of nitrogens with one attached hydrogen (secondary N) is 1. The molecule has 0 fully saturated rings. The number of carbonyl (C=O) groups is 1. The third-order valence-corrected chi connectivity index (χ3v) is 2.75. The Morgan fingerprint density at radius 2 is 1.75 bits per heavy atom. The molecule has 0 spiro atoms. The SMILES string of the molecule is CCCNC(=O)Cc1c(C)cc(C)cc1C. The largest absolute Gasteiger partial charge is 0.356 e. The summed E-state index contributed by atoms with van der Waals surface area (Å²) in [6.07, 6.45) is 1.48. The summed E-state index contributed by atoms with van der Waals surface area (Å²) >= 11 is 0. The van der Waals surface area contributed by atoms with Crippen LogP contribution in [-0.4, -0.2) is 12.5 Å². The number of amides is 1. The van der Waals surface area contributed by atoms with Crippen LogP contribution in [-0.2, 0) is 11.2 Å². The van der Waals surface area contributed by atoms with Crippen LogP contribution in [0.4, 0.5) is 0 Å². The minimum Gasteiger partial charge on any atom is -0.356 e. The molecule has 0 bridgehead atoms. The van der Waals surface area contributed by atoms with E-state index in [1.54, 1.807) is 0 Å². The van der Waals surface area contributed by atoms with E-state index in [2.05, 4.69) is 45.1 Å². The Morgan fingerprint density at radius 1 is 1.19 bits per heavy atom. The maximum absolute atomic E-state index is 11.6. The van der Waals surface area contributed by atoms with E-state index in [4.69, 9.17) is 0 Å². The van der Waals surface area contributed by atoms with Crippen molar-refractivity contribution in [1.82, 2.24) is 5.32 Å². The van der Waals surface area contributed by atoms with Gasteiger partial charge in [0.15, 0.2) is 0 Å². The zero-order valence-electron chi connectivity index (χ0n) is 10.7. The van der Waals surface area contributed by atoms with Crippen LogP contribution in [0.3, 0.4) is 0 Å². The molecule has 2 heteroatoms. The predicted octanol–water partition coefficient (Wildman–Crippen LogP) is 2.68. The minimum atomic E-state index is 0.122. The summed E-state index contributed by atoms with van der Waals surface area (Å²) in [7, 11) is 0. The highest BCUT2D eigenvalue weighted by atomic mass is 16.1. The van der Waals surface area contributed by atoms with Crippen LogP contribution in [0.25, 0.3) is 0 Å². The van der Waals surface area contributed by atoms with Gasteiger partial charge in [-0.2, -0.15) is 0 Å². The van der Waals surface area contributed by atoms with Crippen molar-refractivity contribution < 1.29 is 4.79 Å². The van der Waals surface area contributed by atoms with Crippen molar-refractivity contribution in [3.63, 3.8) is 0 Å². The fourth-order valence-corrected chi connectivity index (χ4v) is 1.98. The Balaban J connectivity index is 2.77. The van der Waals surface area contributed by atoms with Crippen LogP contribution in [0, 0.1) is 20.8 Å². The summed E-state index contributed by atoms with van der Waals surface area (Å²) in [6, 6.07) is 4.27. The third-order valence-electron chi connectivity index (χ3n) is 2.75. The number of carbonyl (C=O) groups excluding carboxylic acids is 1. The molecule has 1 aromatic rings. The Labute approximate surface area is 98.1 Å². The minimum absolute atomic E-state index is 0.122. The molecule has 0 heterocycles. The van der Waals surface area contributed by atoms with Gasteiger partial charge in [-0.05, 0) is 43.9 Å². The van der Waals surface area contributed by atoms with Crippen molar-refractivity contribution in [3.8, 4) is 0 Å². The van der Waals surface area contributed by atoms with Crippen LogP contribution in [0.15, 0.2) is 12.1 Å². The molecule has 1 aromatic carbocycles. The molecule has 0 aromatic heterocycles. The molecule has 0 radical (unpaired) electrons. The topological polar surface area (TPSA) is 29.1 Å². The van der Waals surface area contributed by atoms with Crippen LogP contribution in [0.2, 0.25) is 0 Å². The molecule has 0 atom stereocenters. The second kappa shape index (κ2) is 5.69. The highest BCUT2D eigenvalue weighted by Crippen LogP contribution is 2.16. The molecule has 0 aliphatic carbocycles. The summed E-state index contributed by atoms with van der Waals surface area (Å²) in [4.78, 5) is 11.6. The molecule has 1 N–H and O–H groups in total. The van der Waals surface area contributed by atoms with Gasteiger partial charge in [0, 0.05) is 6.54 Å². The molecule has 0 aliphatic heterocycles. The average Bonchev–Trinajstić information content (AvgIpc) is 2.20. The van der Waals surface area contributed by atoms with Gasteiger partial charge >= 0.3 is 0 Å². The Bertz CT molecular complexity index is 359. The first-order valence-electron chi connectivity index (χ1n) is 5.88. The van der Waals surface area contributed by atoms with Gasteiger partial charge in [-0.25, -0.2) is 0 Å². The van der Waals surface area contributed by atoms with Gasteiger partial charge in [0.1, 0.15) is 0 Å². The van der Waals surface area contributed by atoms with Crippen molar-refractivity contribution in [3.05, 3.63) is 34.4 Å². The van der Waals surface area contributed by atoms with E-state index in [0.29, 0.717) is 6.42 Å². The molecule has 1 rings (SSSR count). The molecular weight excluding hydrogens is 198 g/mol. The highest BCUT2D eigenvalue weighted by molar-refractivity contribution is 5.79. The molecule has 0 saturated heterocycles. The van der Waals surface area contributed by atoms with Crippen molar-refractivity contribution in [2.75, 3.05) is 6.54 Å². The fourth-order valence-electron chi connectivity index (χ4n) is 1.98. The standard InChI is InChI=1S/C14H21NO/c1-5-6-15-14(16)9-13-11(3)7-10(2)8-12(13)4/h7-8H,5-6,9H2,1-4H3,(H,15,16). The Kier molecular flexibility index (Phi) is 4.53.